The second kappa shape index (κ2) is 9.88. The molecular weight excluding hydrogens is 452 g/mol. The van der Waals surface area contributed by atoms with Crippen molar-refractivity contribution in [3.05, 3.63) is 69.7 Å². The highest BCUT2D eigenvalue weighted by atomic mass is 35.5. The molecule has 5 rings (SSSR count). The third-order valence-electron chi connectivity index (χ3n) is 8.60. The van der Waals surface area contributed by atoms with Gasteiger partial charge in [-0.3, -0.25) is 0 Å². The van der Waals surface area contributed by atoms with Gasteiger partial charge in [0.25, 0.3) is 0 Å². The lowest BCUT2D eigenvalue weighted by atomic mass is 9.58. The summed E-state index contributed by atoms with van der Waals surface area (Å²) >= 11 is 6.50. The smallest absolute Gasteiger partial charge is 0.113 e. The number of hydrogen-bond donors (Lipinski definition) is 4. The van der Waals surface area contributed by atoms with Gasteiger partial charge in [0.1, 0.15) is 30.5 Å². The second-order valence-corrected chi connectivity index (χ2v) is 11.1. The molecule has 5 unspecified atom stereocenters. The van der Waals surface area contributed by atoms with E-state index in [-0.39, 0.29) is 0 Å². The van der Waals surface area contributed by atoms with Crippen molar-refractivity contribution in [2.24, 2.45) is 5.41 Å². The van der Waals surface area contributed by atoms with E-state index in [1.807, 2.05) is 6.07 Å². The summed E-state index contributed by atoms with van der Waals surface area (Å²) in [7, 11) is 0. The van der Waals surface area contributed by atoms with Gasteiger partial charge < -0.3 is 25.2 Å². The van der Waals surface area contributed by atoms with E-state index in [2.05, 4.69) is 24.3 Å². The van der Waals surface area contributed by atoms with Crippen molar-refractivity contribution in [2.75, 3.05) is 6.61 Å². The Kier molecular flexibility index (Phi) is 7.04. The van der Waals surface area contributed by atoms with Gasteiger partial charge in [-0.25, -0.2) is 0 Å². The first-order valence-electron chi connectivity index (χ1n) is 12.6. The zero-order valence-electron chi connectivity index (χ0n) is 19.4. The molecule has 1 aliphatic heterocycles. The highest BCUT2D eigenvalue weighted by molar-refractivity contribution is 6.31. The molecule has 0 radical (unpaired) electrons. The zero-order valence-corrected chi connectivity index (χ0v) is 20.2. The minimum atomic E-state index is -1.40. The van der Waals surface area contributed by atoms with E-state index in [0.29, 0.717) is 28.3 Å². The molecule has 4 N–H and O–H groups in total. The van der Waals surface area contributed by atoms with Crippen LogP contribution in [0.4, 0.5) is 0 Å². The average molecular weight is 487 g/mol. The van der Waals surface area contributed by atoms with Gasteiger partial charge >= 0.3 is 0 Å². The highest BCUT2D eigenvalue weighted by Gasteiger charge is 2.44. The Labute approximate surface area is 206 Å². The molecule has 2 aromatic carbocycles. The van der Waals surface area contributed by atoms with Crippen molar-refractivity contribution in [1.82, 2.24) is 0 Å². The Morgan fingerprint density at radius 2 is 1.53 bits per heavy atom. The molecule has 5 nitrogen and oxygen atoms in total. The predicted octanol–water partition coefficient (Wildman–Crippen LogP) is 4.27. The largest absolute Gasteiger partial charge is 0.394 e. The van der Waals surface area contributed by atoms with Gasteiger partial charge in [-0.1, -0.05) is 54.4 Å². The molecule has 2 aromatic rings. The minimum Gasteiger partial charge on any atom is -0.394 e. The molecule has 2 aliphatic carbocycles. The van der Waals surface area contributed by atoms with Crippen LogP contribution in [-0.2, 0) is 11.2 Å². The number of halogens is 1. The van der Waals surface area contributed by atoms with Crippen molar-refractivity contribution in [1.29, 1.82) is 0 Å². The molecule has 0 aromatic heterocycles. The Morgan fingerprint density at radius 1 is 0.853 bits per heavy atom. The fourth-order valence-corrected chi connectivity index (χ4v) is 6.34. The van der Waals surface area contributed by atoms with Crippen LogP contribution in [-0.4, -0.2) is 51.4 Å². The molecule has 6 heteroatoms. The van der Waals surface area contributed by atoms with Crippen molar-refractivity contribution in [3.8, 4) is 0 Å². The molecule has 2 saturated carbocycles. The topological polar surface area (TPSA) is 90.2 Å². The standard InChI is InChI=1S/C28H35ClO5/c29-22-7-6-20(27-26(33)25(32)24(31)23(16-30)34-27)15-21(22)14-17-2-4-18(5-3-17)19-8-12-28(13-9-19)10-1-11-28/h2-7,15,19,23-27,30-33H,1,8-14,16H2. The number of hydrogen-bond acceptors (Lipinski definition) is 5. The van der Waals surface area contributed by atoms with Crippen LogP contribution in [0.15, 0.2) is 42.5 Å². The molecule has 3 aliphatic rings. The van der Waals surface area contributed by atoms with Crippen LogP contribution in [0.25, 0.3) is 0 Å². The van der Waals surface area contributed by atoms with Gasteiger partial charge in [-0.2, -0.15) is 0 Å². The monoisotopic (exact) mass is 486 g/mol. The van der Waals surface area contributed by atoms with Gasteiger partial charge in [0, 0.05) is 5.02 Å². The summed E-state index contributed by atoms with van der Waals surface area (Å²) in [5.74, 6) is 0.665. The van der Waals surface area contributed by atoms with Crippen molar-refractivity contribution in [2.45, 2.75) is 87.8 Å². The van der Waals surface area contributed by atoms with E-state index in [1.165, 1.54) is 50.5 Å². The molecule has 1 heterocycles. The van der Waals surface area contributed by atoms with E-state index in [4.69, 9.17) is 16.3 Å². The predicted molar refractivity (Wildman–Crippen MR) is 131 cm³/mol. The summed E-state index contributed by atoms with van der Waals surface area (Å²) in [6, 6.07) is 14.3. The molecule has 3 fully saturated rings. The first kappa shape index (κ1) is 24.2. The average Bonchev–Trinajstić information content (AvgIpc) is 2.84. The minimum absolute atomic E-state index is 0.448. The SMILES string of the molecule is OCC1OC(c2ccc(Cl)c(Cc3ccc(C4CCC5(CCC5)CC4)cc3)c2)C(O)C(O)C1O. The molecule has 34 heavy (non-hydrogen) atoms. The van der Waals surface area contributed by atoms with Gasteiger partial charge in [-0.15, -0.1) is 0 Å². The van der Waals surface area contributed by atoms with E-state index >= 15 is 0 Å². The van der Waals surface area contributed by atoms with Gasteiger partial charge in [-0.05, 0) is 84.6 Å². The number of rotatable bonds is 5. The quantitative estimate of drug-likeness (QED) is 0.506. The Hall–Kier alpha value is -1.47. The Balaban J connectivity index is 1.28. The summed E-state index contributed by atoms with van der Waals surface area (Å²) in [5.41, 5.74) is 4.81. The summed E-state index contributed by atoms with van der Waals surface area (Å²) < 4.78 is 5.72. The normalized spacial score (nSPS) is 31.4. The van der Waals surface area contributed by atoms with Crippen LogP contribution in [0.2, 0.25) is 5.02 Å². The second-order valence-electron chi connectivity index (χ2n) is 10.6. The molecule has 1 saturated heterocycles. The lowest BCUT2D eigenvalue weighted by Crippen LogP contribution is -2.55. The molecule has 1 spiro atoms. The number of aliphatic hydroxyl groups is 4. The molecular formula is C28H35ClO5. The Bertz CT molecular complexity index is 977. The van der Waals surface area contributed by atoms with E-state index in [0.717, 1.165) is 11.1 Å². The lowest BCUT2D eigenvalue weighted by molar-refractivity contribution is -0.231. The summed E-state index contributed by atoms with van der Waals surface area (Å²) in [5, 5.41) is 40.8. The molecule has 184 valence electrons. The van der Waals surface area contributed by atoms with Crippen LogP contribution in [0.1, 0.15) is 79.2 Å². The first-order chi connectivity index (χ1) is 16.4. The lowest BCUT2D eigenvalue weighted by Gasteiger charge is -2.47. The summed E-state index contributed by atoms with van der Waals surface area (Å²) in [6.07, 6.45) is 4.39. The van der Waals surface area contributed by atoms with Crippen LogP contribution in [0.3, 0.4) is 0 Å². The molecule has 0 amide bonds. The van der Waals surface area contributed by atoms with E-state index < -0.39 is 37.1 Å². The number of aliphatic hydroxyl groups excluding tert-OH is 4. The first-order valence-corrected chi connectivity index (χ1v) is 12.9. The van der Waals surface area contributed by atoms with Crippen LogP contribution in [0, 0.1) is 5.41 Å². The molecule has 5 atom stereocenters. The fraction of sp³-hybridized carbons (Fsp3) is 0.571. The highest BCUT2D eigenvalue weighted by Crippen LogP contribution is 2.54. The van der Waals surface area contributed by atoms with Gasteiger partial charge in [0.15, 0.2) is 0 Å². The van der Waals surface area contributed by atoms with Crippen LogP contribution in [0.5, 0.6) is 0 Å². The van der Waals surface area contributed by atoms with E-state index in [9.17, 15) is 20.4 Å². The third kappa shape index (κ3) is 4.67. The van der Waals surface area contributed by atoms with Crippen molar-refractivity contribution >= 4 is 11.6 Å². The maximum Gasteiger partial charge on any atom is 0.113 e. The third-order valence-corrected chi connectivity index (χ3v) is 8.97. The van der Waals surface area contributed by atoms with E-state index in [1.54, 1.807) is 12.1 Å². The molecule has 0 bridgehead atoms. The summed E-state index contributed by atoms with van der Waals surface area (Å²) in [4.78, 5) is 0. The van der Waals surface area contributed by atoms with Gasteiger partial charge in [0.2, 0.25) is 0 Å². The Morgan fingerprint density at radius 3 is 2.15 bits per heavy atom. The van der Waals surface area contributed by atoms with Crippen molar-refractivity contribution < 1.29 is 25.2 Å². The van der Waals surface area contributed by atoms with Crippen molar-refractivity contribution in [3.63, 3.8) is 0 Å². The maximum absolute atomic E-state index is 10.5. The fourth-order valence-electron chi connectivity index (χ4n) is 6.15. The van der Waals surface area contributed by atoms with Crippen LogP contribution < -0.4 is 0 Å². The van der Waals surface area contributed by atoms with Gasteiger partial charge in [0.05, 0.1) is 6.61 Å². The van der Waals surface area contributed by atoms with Crippen LogP contribution >= 0.6 is 11.6 Å². The number of benzene rings is 2. The zero-order chi connectivity index (χ0) is 23.9. The number of ether oxygens (including phenoxy) is 1. The summed E-state index contributed by atoms with van der Waals surface area (Å²) in [6.45, 7) is -0.448. The maximum atomic E-state index is 10.5.